The molecule has 0 heterocycles. The topological polar surface area (TPSA) is 43.2 Å². The van der Waals surface area contributed by atoms with Crippen molar-refractivity contribution in [2.45, 2.75) is 84.2 Å². The minimum atomic E-state index is -0.230. The zero-order valence-corrected chi connectivity index (χ0v) is 19.0. The molecule has 0 fully saturated rings. The highest BCUT2D eigenvalue weighted by Crippen LogP contribution is 2.11. The number of carbonyl (C=O) groups is 1. The molecule has 1 N–H and O–H groups in total. The summed E-state index contributed by atoms with van der Waals surface area (Å²) in [6.45, 7) is 3.77. The van der Waals surface area contributed by atoms with Crippen molar-refractivity contribution in [3.63, 3.8) is 0 Å². The van der Waals surface area contributed by atoms with Crippen molar-refractivity contribution < 1.29 is 9.18 Å². The van der Waals surface area contributed by atoms with Crippen molar-refractivity contribution in [1.29, 1.82) is 0 Å². The fourth-order valence-corrected chi connectivity index (χ4v) is 3.66. The third-order valence-electron chi connectivity index (χ3n) is 5.54. The Morgan fingerprint density at radius 2 is 1.52 bits per heavy atom. The fraction of sp³-hybridized carbons (Fsp3) is 0.519. The van der Waals surface area contributed by atoms with Crippen LogP contribution in [-0.4, -0.2) is 12.5 Å². The normalized spacial score (nSPS) is 10.9. The zero-order chi connectivity index (χ0) is 22.2. The van der Waals surface area contributed by atoms with Crippen molar-refractivity contribution in [2.75, 3.05) is 6.54 Å². The van der Waals surface area contributed by atoms with Crippen molar-refractivity contribution in [3.05, 3.63) is 71.0 Å². The number of hydrogen-bond donors (Lipinski definition) is 1. The predicted molar refractivity (Wildman–Crippen MR) is 127 cm³/mol. The Morgan fingerprint density at radius 3 is 2.23 bits per heavy atom. The van der Waals surface area contributed by atoms with Crippen molar-refractivity contribution in [3.8, 4) is 0 Å². The summed E-state index contributed by atoms with van der Waals surface area (Å²) in [5, 5.41) is 7.45. The molecule has 31 heavy (non-hydrogen) atoms. The number of halogens is 1. The molecule has 169 valence electrons. The van der Waals surface area contributed by atoms with Crippen LogP contribution in [0.25, 0.3) is 0 Å². The van der Waals surface area contributed by atoms with E-state index in [2.05, 4.69) is 17.6 Å². The van der Waals surface area contributed by atoms with Crippen LogP contribution in [0.2, 0.25) is 0 Å². The van der Waals surface area contributed by atoms with Gasteiger partial charge in [-0.2, -0.15) is 0 Å². The van der Waals surface area contributed by atoms with Crippen LogP contribution in [-0.2, 0) is 13.1 Å². The monoisotopic (exact) mass is 425 g/mol. The second-order valence-electron chi connectivity index (χ2n) is 8.27. The summed E-state index contributed by atoms with van der Waals surface area (Å²) < 4.78 is 13.7. The van der Waals surface area contributed by atoms with Crippen LogP contribution in [0.4, 0.5) is 4.39 Å². The lowest BCUT2D eigenvalue weighted by Gasteiger charge is -2.08. The fourth-order valence-electron chi connectivity index (χ4n) is 3.66. The lowest BCUT2D eigenvalue weighted by atomic mass is 10.1. The van der Waals surface area contributed by atoms with Gasteiger partial charge in [0.25, 0.3) is 5.91 Å². The average molecular weight is 426 g/mol. The van der Waals surface area contributed by atoms with Gasteiger partial charge < -0.3 is 5.32 Å². The number of carbonyl (C=O) groups excluding carboxylic acids is 1. The first kappa shape index (κ1) is 25.1. The van der Waals surface area contributed by atoms with E-state index in [0.29, 0.717) is 24.2 Å². The van der Waals surface area contributed by atoms with Crippen LogP contribution in [0.3, 0.4) is 0 Å². The quantitative estimate of drug-likeness (QED) is 0.296. The van der Waals surface area contributed by atoms with Gasteiger partial charge >= 0.3 is 0 Å². The number of hydrogen-bond acceptors (Lipinski definition) is 1. The molecule has 0 aliphatic rings. The van der Waals surface area contributed by atoms with Gasteiger partial charge in [0.15, 0.2) is 0 Å². The first-order valence-electron chi connectivity index (χ1n) is 11.9. The molecule has 0 bridgehead atoms. The summed E-state index contributed by atoms with van der Waals surface area (Å²) in [6.07, 6.45) is 12.9. The van der Waals surface area contributed by atoms with E-state index >= 15 is 0 Å². The summed E-state index contributed by atoms with van der Waals surface area (Å²) in [5.41, 5.74) is 2.21. The maximum atomic E-state index is 13.7. The van der Waals surface area contributed by atoms with Gasteiger partial charge in [0.2, 0.25) is 0 Å². The molecule has 0 saturated carbocycles. The molecule has 2 aromatic carbocycles. The molecule has 0 aliphatic carbocycles. The van der Waals surface area contributed by atoms with Crippen LogP contribution in [0, 0.1) is 5.82 Å². The molecule has 0 atom stereocenters. The van der Waals surface area contributed by atoms with E-state index in [4.69, 9.17) is 0 Å². The molecule has 2 rings (SSSR count). The molecular formula is C27H38FN2O. The Bertz CT molecular complexity index is 762. The predicted octanol–water partition coefficient (Wildman–Crippen LogP) is 6.78. The molecule has 0 aromatic heterocycles. The second kappa shape index (κ2) is 15.6. The summed E-state index contributed by atoms with van der Waals surface area (Å²) in [4.78, 5) is 12.4. The molecule has 0 unspecified atom stereocenters. The molecule has 4 heteroatoms. The molecular weight excluding hydrogens is 387 g/mol. The van der Waals surface area contributed by atoms with Crippen LogP contribution < -0.4 is 10.6 Å². The molecule has 0 spiro atoms. The maximum absolute atomic E-state index is 13.7. The Kier molecular flexibility index (Phi) is 12.6. The van der Waals surface area contributed by atoms with Crippen molar-refractivity contribution in [2.24, 2.45) is 0 Å². The number of nitrogens with one attached hydrogen (secondary N) is 1. The summed E-state index contributed by atoms with van der Waals surface area (Å²) in [7, 11) is 0. The number of rotatable bonds is 16. The third-order valence-corrected chi connectivity index (χ3v) is 5.54. The first-order chi connectivity index (χ1) is 15.2. The van der Waals surface area contributed by atoms with E-state index in [1.807, 2.05) is 30.3 Å². The second-order valence-corrected chi connectivity index (χ2v) is 8.27. The lowest BCUT2D eigenvalue weighted by molar-refractivity contribution is 0.0953. The smallest absolute Gasteiger partial charge is 0.251 e. The van der Waals surface area contributed by atoms with Gasteiger partial charge in [0.1, 0.15) is 5.82 Å². The first-order valence-corrected chi connectivity index (χ1v) is 11.9. The summed E-state index contributed by atoms with van der Waals surface area (Å²) in [6, 6.07) is 14.2. The molecule has 1 radical (unpaired) electrons. The van der Waals surface area contributed by atoms with Crippen molar-refractivity contribution in [1.82, 2.24) is 10.6 Å². The molecule has 3 nitrogen and oxygen atoms in total. The SMILES string of the molecule is CCCCCCCCCCCCNC(=O)c1cccc(C[N]Cc2ccccc2F)c1. The zero-order valence-electron chi connectivity index (χ0n) is 19.0. The van der Waals surface area contributed by atoms with Crippen LogP contribution in [0.1, 0.15) is 92.6 Å². The Balaban J connectivity index is 1.58. The van der Waals surface area contributed by atoms with Gasteiger partial charge in [-0.05, 0) is 30.2 Å². The lowest BCUT2D eigenvalue weighted by Crippen LogP contribution is -2.24. The van der Waals surface area contributed by atoms with Crippen LogP contribution in [0.15, 0.2) is 48.5 Å². The highest BCUT2D eigenvalue weighted by Gasteiger charge is 2.06. The summed E-state index contributed by atoms with van der Waals surface area (Å²) >= 11 is 0. The van der Waals surface area contributed by atoms with E-state index < -0.39 is 0 Å². The largest absolute Gasteiger partial charge is 0.352 e. The minimum Gasteiger partial charge on any atom is -0.352 e. The number of unbranched alkanes of at least 4 members (excludes halogenated alkanes) is 9. The van der Waals surface area contributed by atoms with Gasteiger partial charge in [-0.3, -0.25) is 4.79 Å². The van der Waals surface area contributed by atoms with E-state index in [1.165, 1.54) is 63.9 Å². The van der Waals surface area contributed by atoms with E-state index in [0.717, 1.165) is 18.5 Å². The Morgan fingerprint density at radius 1 is 0.839 bits per heavy atom. The molecule has 2 aromatic rings. The van der Waals surface area contributed by atoms with Gasteiger partial charge in [-0.25, -0.2) is 9.71 Å². The standard InChI is InChI=1S/C27H38FN2O/c1-2-3-4-5-6-7-8-9-10-13-19-30-27(31)24-17-14-15-23(20-24)21-29-22-25-16-11-12-18-26(25)28/h11-12,14-18,20H,2-10,13,19,21-22H2,1H3,(H,30,31). The van der Waals surface area contributed by atoms with Gasteiger partial charge in [-0.1, -0.05) is 95.0 Å². The highest BCUT2D eigenvalue weighted by atomic mass is 19.1. The van der Waals surface area contributed by atoms with E-state index in [1.54, 1.807) is 12.1 Å². The Labute approximate surface area is 187 Å². The van der Waals surface area contributed by atoms with Gasteiger partial charge in [-0.15, -0.1) is 0 Å². The minimum absolute atomic E-state index is 0.0353. The van der Waals surface area contributed by atoms with Crippen LogP contribution >= 0.6 is 0 Å². The maximum Gasteiger partial charge on any atom is 0.251 e. The highest BCUT2D eigenvalue weighted by molar-refractivity contribution is 5.94. The van der Waals surface area contributed by atoms with E-state index in [-0.39, 0.29) is 11.7 Å². The van der Waals surface area contributed by atoms with Crippen LogP contribution in [0.5, 0.6) is 0 Å². The average Bonchev–Trinajstić information content (AvgIpc) is 2.79. The molecule has 0 aliphatic heterocycles. The third kappa shape index (κ3) is 10.6. The Hall–Kier alpha value is -2.20. The van der Waals surface area contributed by atoms with E-state index in [9.17, 15) is 9.18 Å². The summed E-state index contributed by atoms with van der Waals surface area (Å²) in [5.74, 6) is -0.266. The molecule has 0 saturated heterocycles. The van der Waals surface area contributed by atoms with Crippen molar-refractivity contribution >= 4 is 5.91 Å². The number of amides is 1. The van der Waals surface area contributed by atoms with Gasteiger partial charge in [0.05, 0.1) is 0 Å². The van der Waals surface area contributed by atoms with Gasteiger partial charge in [0, 0.05) is 30.8 Å². The molecule has 1 amide bonds. The number of nitrogens with zero attached hydrogens (tertiary/aromatic N) is 1. The number of benzene rings is 2.